The van der Waals surface area contributed by atoms with Crippen LogP contribution in [0.25, 0.3) is 0 Å². The zero-order valence-corrected chi connectivity index (χ0v) is 28.5. The minimum Gasteiger partial charge on any atom is -0.340 e. The number of hydrogen-bond donors (Lipinski definition) is 0. The van der Waals surface area contributed by atoms with Gasteiger partial charge in [-0.1, -0.05) is 66.3 Å². The zero-order valence-electron chi connectivity index (χ0n) is 28.5. The van der Waals surface area contributed by atoms with E-state index in [1.165, 1.54) is 54.6 Å². The summed E-state index contributed by atoms with van der Waals surface area (Å²) in [5.41, 5.74) is 12.9. The van der Waals surface area contributed by atoms with Gasteiger partial charge in [-0.3, -0.25) is 4.90 Å². The van der Waals surface area contributed by atoms with Crippen LogP contribution in [0.1, 0.15) is 90.4 Å². The van der Waals surface area contributed by atoms with E-state index < -0.39 is 0 Å². The molecule has 9 aliphatic rings. The molecule has 6 unspecified atom stereocenters. The molecule has 0 spiro atoms. The second-order valence-electron chi connectivity index (χ2n) is 15.8. The van der Waals surface area contributed by atoms with Crippen LogP contribution in [0, 0.1) is 46.3 Å². The fraction of sp³-hybridized carbons (Fsp3) is 0.500. The van der Waals surface area contributed by atoms with Crippen LogP contribution >= 0.6 is 0 Å². The van der Waals surface area contributed by atoms with Gasteiger partial charge in [0.15, 0.2) is 0 Å². The largest absolute Gasteiger partial charge is 0.340 e. The van der Waals surface area contributed by atoms with E-state index in [1.54, 1.807) is 22.3 Å². The number of nitrogens with zero attached hydrogens (tertiary/aromatic N) is 4. The van der Waals surface area contributed by atoms with Crippen LogP contribution in [0.2, 0.25) is 0 Å². The van der Waals surface area contributed by atoms with Gasteiger partial charge in [-0.25, -0.2) is 0 Å². The second kappa shape index (κ2) is 12.2. The number of likely N-dealkylation sites (tertiary alicyclic amines) is 1. The summed E-state index contributed by atoms with van der Waals surface area (Å²) in [5.74, 6) is 1.52. The molecule has 0 radical (unpaired) electrons. The molecule has 0 N–H and O–H groups in total. The third kappa shape index (κ3) is 4.86. The third-order valence-corrected chi connectivity index (χ3v) is 13.2. The molecular weight excluding hydrogens is 585 g/mol. The number of fused-ring (bicyclic) bond motifs is 5. The highest BCUT2D eigenvalue weighted by molar-refractivity contribution is 5.57. The maximum Gasteiger partial charge on any atom is 0.0988 e. The summed E-state index contributed by atoms with van der Waals surface area (Å²) >= 11 is 0. The Labute approximate surface area is 287 Å². The number of allylic oxidation sites excluding steroid dienone is 12. The smallest absolute Gasteiger partial charge is 0.0988 e. The summed E-state index contributed by atoms with van der Waals surface area (Å²) in [7, 11) is 0. The van der Waals surface area contributed by atoms with Crippen molar-refractivity contribution in [1.82, 2.24) is 9.80 Å². The van der Waals surface area contributed by atoms with Gasteiger partial charge >= 0.3 is 0 Å². The van der Waals surface area contributed by atoms with Crippen molar-refractivity contribution < 1.29 is 0 Å². The first kappa shape index (κ1) is 30.2. The molecule has 1 fully saturated rings. The molecule has 7 aliphatic carbocycles. The van der Waals surface area contributed by atoms with Gasteiger partial charge in [0.1, 0.15) is 0 Å². The lowest BCUT2D eigenvalue weighted by Gasteiger charge is -2.42. The van der Waals surface area contributed by atoms with E-state index in [0.29, 0.717) is 35.9 Å². The topological polar surface area (TPSA) is 54.1 Å². The van der Waals surface area contributed by atoms with Crippen molar-refractivity contribution in [3.05, 3.63) is 117 Å². The van der Waals surface area contributed by atoms with Crippen LogP contribution in [0.4, 0.5) is 0 Å². The summed E-state index contributed by atoms with van der Waals surface area (Å²) in [6.45, 7) is 2.33. The fourth-order valence-electron chi connectivity index (χ4n) is 11.2. The van der Waals surface area contributed by atoms with Crippen LogP contribution in [-0.4, -0.2) is 34.0 Å². The van der Waals surface area contributed by atoms with Gasteiger partial charge in [-0.15, -0.1) is 0 Å². The average Bonchev–Trinajstić information content (AvgIpc) is 3.81. The first-order valence-corrected chi connectivity index (χ1v) is 18.9. The van der Waals surface area contributed by atoms with Gasteiger partial charge in [-0.2, -0.15) is 10.5 Å². The Hall–Kier alpha value is -3.86. The number of hydrogen-bond acceptors (Lipinski definition) is 4. The lowest BCUT2D eigenvalue weighted by atomic mass is 9.77. The molecule has 2 heterocycles. The Morgan fingerprint density at radius 3 is 2.58 bits per heavy atom. The van der Waals surface area contributed by atoms with E-state index in [4.69, 9.17) is 0 Å². The first-order chi connectivity index (χ1) is 23.6. The molecule has 4 heteroatoms. The first-order valence-electron chi connectivity index (χ1n) is 18.9. The van der Waals surface area contributed by atoms with Gasteiger partial charge in [0.2, 0.25) is 0 Å². The second-order valence-corrected chi connectivity index (χ2v) is 15.8. The highest BCUT2D eigenvalue weighted by atomic mass is 15.3. The predicted octanol–water partition coefficient (Wildman–Crippen LogP) is 9.60. The third-order valence-electron chi connectivity index (χ3n) is 13.2. The van der Waals surface area contributed by atoms with E-state index in [0.717, 1.165) is 56.9 Å². The number of rotatable bonds is 4. The summed E-state index contributed by atoms with van der Waals surface area (Å²) < 4.78 is 0. The standard InChI is InChI=1S/C44H48N4/c1-28-19-20-42-38(21-28)39-24-33(25-43(39)48(42)40-17-4-2-10-32(40)27-46)30-11-7-12-31(23-30)35-15-8-16-37-36-14-3-5-18-41(36)47(44(35)37)34-13-6-9-29(22-34)26-45/h2,4,8-9,12,15-16,21-24,32,35,38-40,42-44H,3,5-7,10-11,13-14,17-20,25H2,1H3/t32?,35?,38?,39-,40+,42?,43?,44?/m0/s1. The van der Waals surface area contributed by atoms with Crippen molar-refractivity contribution in [3.8, 4) is 12.1 Å². The van der Waals surface area contributed by atoms with Crippen LogP contribution in [0.3, 0.4) is 0 Å². The lowest BCUT2D eigenvalue weighted by molar-refractivity contribution is 0.0866. The molecule has 0 saturated carbocycles. The molecule has 0 aromatic carbocycles. The quantitative estimate of drug-likeness (QED) is 0.290. The van der Waals surface area contributed by atoms with Gasteiger partial charge in [0.05, 0.1) is 24.1 Å². The highest BCUT2D eigenvalue weighted by Gasteiger charge is 2.53. The summed E-state index contributed by atoms with van der Waals surface area (Å²) in [6.07, 6.45) is 41.0. The fourth-order valence-corrected chi connectivity index (χ4v) is 11.2. The van der Waals surface area contributed by atoms with Crippen LogP contribution < -0.4 is 0 Å². The molecule has 0 aromatic rings. The molecule has 9 rings (SSSR count). The van der Waals surface area contributed by atoms with Crippen molar-refractivity contribution in [2.24, 2.45) is 23.7 Å². The summed E-state index contributed by atoms with van der Waals surface area (Å²) in [6, 6.07) is 6.86. The normalized spacial score (nSPS) is 37.1. The molecule has 48 heavy (non-hydrogen) atoms. The SMILES string of the molecule is CC1=CC2C(CC1)N([C@@H]1CC=CCC1C#N)C1CC(C3=CC(C4C=CC=C5C6=C(CCCC6)N(C6=CC(C#N)=CCC6)C54)=CCC3)=C[C@@H]21. The van der Waals surface area contributed by atoms with E-state index >= 15 is 0 Å². The number of nitriles is 2. The molecule has 0 aromatic heterocycles. The lowest BCUT2D eigenvalue weighted by Crippen LogP contribution is -2.49. The van der Waals surface area contributed by atoms with E-state index in [2.05, 4.69) is 95.7 Å². The molecule has 1 saturated heterocycles. The van der Waals surface area contributed by atoms with Gasteiger partial charge in [0, 0.05) is 52.8 Å². The average molecular weight is 633 g/mol. The zero-order chi connectivity index (χ0) is 32.4. The molecule has 244 valence electrons. The Balaban J connectivity index is 1.04. The Morgan fingerprint density at radius 2 is 1.69 bits per heavy atom. The van der Waals surface area contributed by atoms with Crippen molar-refractivity contribution >= 4 is 0 Å². The molecule has 4 nitrogen and oxygen atoms in total. The van der Waals surface area contributed by atoms with Crippen molar-refractivity contribution in [2.45, 2.75) is 115 Å². The van der Waals surface area contributed by atoms with Crippen LogP contribution in [-0.2, 0) is 0 Å². The molecule has 2 aliphatic heterocycles. The van der Waals surface area contributed by atoms with Gasteiger partial charge in [-0.05, 0) is 124 Å². The Bertz CT molecular complexity index is 1800. The molecule has 8 atom stereocenters. The predicted molar refractivity (Wildman–Crippen MR) is 192 cm³/mol. The Kier molecular flexibility index (Phi) is 7.70. The van der Waals surface area contributed by atoms with Crippen molar-refractivity contribution in [3.63, 3.8) is 0 Å². The van der Waals surface area contributed by atoms with E-state index in [1.807, 2.05) is 0 Å². The Morgan fingerprint density at radius 1 is 0.833 bits per heavy atom. The van der Waals surface area contributed by atoms with Crippen LogP contribution in [0.5, 0.6) is 0 Å². The highest BCUT2D eigenvalue weighted by Crippen LogP contribution is 2.54. The van der Waals surface area contributed by atoms with Crippen molar-refractivity contribution in [2.75, 3.05) is 0 Å². The molecule has 0 amide bonds. The minimum atomic E-state index is 0.0991. The van der Waals surface area contributed by atoms with E-state index in [9.17, 15) is 10.5 Å². The van der Waals surface area contributed by atoms with Gasteiger partial charge in [0.25, 0.3) is 0 Å². The van der Waals surface area contributed by atoms with Crippen LogP contribution in [0.15, 0.2) is 117 Å². The minimum absolute atomic E-state index is 0.0991. The molecule has 0 bridgehead atoms. The summed E-state index contributed by atoms with van der Waals surface area (Å²) in [4.78, 5) is 5.57. The maximum atomic E-state index is 10.2. The maximum absolute atomic E-state index is 10.2. The summed E-state index contributed by atoms with van der Waals surface area (Å²) in [5, 5.41) is 20.0. The van der Waals surface area contributed by atoms with Crippen molar-refractivity contribution in [1.29, 1.82) is 10.5 Å². The van der Waals surface area contributed by atoms with E-state index in [-0.39, 0.29) is 12.0 Å². The monoisotopic (exact) mass is 632 g/mol. The van der Waals surface area contributed by atoms with Gasteiger partial charge < -0.3 is 4.90 Å². The molecular formula is C44H48N4.